The highest BCUT2D eigenvalue weighted by Gasteiger charge is 2.33. The van der Waals surface area contributed by atoms with Gasteiger partial charge in [-0.1, -0.05) is 24.6 Å². The SMILES string of the molecule is CCCN(CC(=O)N1CCc2sccc2[C@@H]1COc1ccc(C)cc1C)C(=O)c1ccc(F)cc1. The zero-order valence-electron chi connectivity index (χ0n) is 20.4. The van der Waals surface area contributed by atoms with Gasteiger partial charge in [0, 0.05) is 23.5 Å². The van der Waals surface area contributed by atoms with Crippen LogP contribution in [0.2, 0.25) is 0 Å². The van der Waals surface area contributed by atoms with E-state index in [1.54, 1.807) is 16.2 Å². The van der Waals surface area contributed by atoms with Crippen molar-refractivity contribution in [1.29, 1.82) is 0 Å². The van der Waals surface area contributed by atoms with Crippen LogP contribution in [0.1, 0.15) is 51.3 Å². The van der Waals surface area contributed by atoms with Crippen LogP contribution in [0, 0.1) is 19.7 Å². The summed E-state index contributed by atoms with van der Waals surface area (Å²) < 4.78 is 19.5. The molecule has 0 bridgehead atoms. The lowest BCUT2D eigenvalue weighted by Crippen LogP contribution is -2.48. The molecule has 3 aromatic rings. The van der Waals surface area contributed by atoms with Gasteiger partial charge in [-0.25, -0.2) is 4.39 Å². The number of hydrogen-bond acceptors (Lipinski definition) is 4. The average Bonchev–Trinajstić information content (AvgIpc) is 3.32. The molecule has 0 N–H and O–H groups in total. The lowest BCUT2D eigenvalue weighted by Gasteiger charge is -2.37. The van der Waals surface area contributed by atoms with Crippen molar-refractivity contribution in [3.05, 3.63) is 86.9 Å². The smallest absolute Gasteiger partial charge is 0.254 e. The molecule has 4 rings (SSSR count). The summed E-state index contributed by atoms with van der Waals surface area (Å²) in [4.78, 5) is 31.3. The van der Waals surface area contributed by atoms with Gasteiger partial charge >= 0.3 is 0 Å². The Bertz CT molecular complexity index is 1190. The maximum Gasteiger partial charge on any atom is 0.254 e. The standard InChI is InChI=1S/C28H31FN2O3S/c1-4-13-30(28(33)21-6-8-22(29)9-7-21)17-27(32)31-14-11-26-23(12-15-35-26)24(31)18-34-25-10-5-19(2)16-20(25)3/h5-10,12,15-16,24H,4,11,13-14,17-18H2,1-3H3/t24-/m0/s1. The topological polar surface area (TPSA) is 49.9 Å². The molecular formula is C28H31FN2O3S. The molecule has 5 nitrogen and oxygen atoms in total. The average molecular weight is 495 g/mol. The molecule has 0 unspecified atom stereocenters. The molecule has 0 saturated heterocycles. The second-order valence-corrected chi connectivity index (χ2v) is 9.97. The van der Waals surface area contributed by atoms with Gasteiger partial charge in [0.15, 0.2) is 0 Å². The van der Waals surface area contributed by atoms with Crippen LogP contribution in [0.3, 0.4) is 0 Å². The van der Waals surface area contributed by atoms with Crippen LogP contribution in [-0.4, -0.2) is 47.9 Å². The zero-order chi connectivity index (χ0) is 24.9. The second-order valence-electron chi connectivity index (χ2n) is 8.97. The summed E-state index contributed by atoms with van der Waals surface area (Å²) in [5.41, 5.74) is 3.72. The predicted molar refractivity (Wildman–Crippen MR) is 136 cm³/mol. The normalized spacial score (nSPS) is 15.0. The fourth-order valence-corrected chi connectivity index (χ4v) is 5.48. The summed E-state index contributed by atoms with van der Waals surface area (Å²) in [7, 11) is 0. The Labute approximate surface area is 210 Å². The number of thiophene rings is 1. The number of carbonyl (C=O) groups excluding carboxylic acids is 2. The molecule has 0 spiro atoms. The monoisotopic (exact) mass is 494 g/mol. The van der Waals surface area contributed by atoms with Crippen molar-refractivity contribution in [1.82, 2.24) is 9.80 Å². The van der Waals surface area contributed by atoms with E-state index in [1.165, 1.54) is 34.7 Å². The number of nitrogens with zero attached hydrogens (tertiary/aromatic N) is 2. The highest BCUT2D eigenvalue weighted by molar-refractivity contribution is 7.10. The molecule has 1 atom stereocenters. The van der Waals surface area contributed by atoms with Gasteiger partial charge in [0.25, 0.3) is 5.91 Å². The summed E-state index contributed by atoms with van der Waals surface area (Å²) >= 11 is 1.71. The first-order valence-electron chi connectivity index (χ1n) is 12.0. The number of halogens is 1. The van der Waals surface area contributed by atoms with Crippen LogP contribution in [0.15, 0.2) is 53.9 Å². The summed E-state index contributed by atoms with van der Waals surface area (Å²) in [6, 6.07) is 13.4. The molecule has 1 aliphatic rings. The Morgan fingerprint density at radius 3 is 2.63 bits per heavy atom. The summed E-state index contributed by atoms with van der Waals surface area (Å²) in [5.74, 6) is 0.0344. The van der Waals surface area contributed by atoms with Gasteiger partial charge < -0.3 is 14.5 Å². The maximum atomic E-state index is 13.6. The van der Waals surface area contributed by atoms with Crippen molar-refractivity contribution in [2.24, 2.45) is 0 Å². The molecule has 1 aliphatic heterocycles. The minimum Gasteiger partial charge on any atom is -0.491 e. The van der Waals surface area contributed by atoms with Crippen LogP contribution in [-0.2, 0) is 11.2 Å². The van der Waals surface area contributed by atoms with Crippen molar-refractivity contribution < 1.29 is 18.7 Å². The Morgan fingerprint density at radius 2 is 1.91 bits per heavy atom. The summed E-state index contributed by atoms with van der Waals surface area (Å²) in [5, 5.41) is 2.06. The van der Waals surface area contributed by atoms with Gasteiger partial charge in [0.1, 0.15) is 24.7 Å². The maximum absolute atomic E-state index is 13.6. The number of aryl methyl sites for hydroxylation is 2. The molecule has 2 aromatic carbocycles. The van der Waals surface area contributed by atoms with Crippen LogP contribution in [0.4, 0.5) is 4.39 Å². The first-order chi connectivity index (χ1) is 16.9. The third-order valence-electron chi connectivity index (χ3n) is 6.34. The van der Waals surface area contributed by atoms with Crippen LogP contribution in [0.5, 0.6) is 5.75 Å². The second kappa shape index (κ2) is 11.0. The Morgan fingerprint density at radius 1 is 1.14 bits per heavy atom. The zero-order valence-corrected chi connectivity index (χ0v) is 21.2. The number of benzene rings is 2. The fraction of sp³-hybridized carbons (Fsp3) is 0.357. The molecule has 184 valence electrons. The molecular weight excluding hydrogens is 463 g/mol. The number of amides is 2. The molecule has 0 fully saturated rings. The van der Waals surface area contributed by atoms with E-state index in [4.69, 9.17) is 4.74 Å². The molecule has 1 aromatic heterocycles. The van der Waals surface area contributed by atoms with E-state index in [9.17, 15) is 14.0 Å². The minimum atomic E-state index is -0.397. The van der Waals surface area contributed by atoms with Crippen molar-refractivity contribution in [2.75, 3.05) is 26.2 Å². The van der Waals surface area contributed by atoms with Gasteiger partial charge in [-0.2, -0.15) is 0 Å². The number of rotatable bonds is 8. The number of ether oxygens (including phenoxy) is 1. The number of carbonyl (C=O) groups is 2. The van der Waals surface area contributed by atoms with E-state index in [2.05, 4.69) is 17.5 Å². The van der Waals surface area contributed by atoms with Gasteiger partial charge in [-0.3, -0.25) is 9.59 Å². The Hall–Kier alpha value is -3.19. The summed E-state index contributed by atoms with van der Waals surface area (Å²) in [6.07, 6.45) is 1.51. The molecule has 0 aliphatic carbocycles. The quantitative estimate of drug-likeness (QED) is 0.412. The van der Waals surface area contributed by atoms with Crippen LogP contribution < -0.4 is 4.74 Å². The van der Waals surface area contributed by atoms with E-state index in [0.717, 1.165) is 23.3 Å². The first-order valence-corrected chi connectivity index (χ1v) is 12.9. The lowest BCUT2D eigenvalue weighted by atomic mass is 10.00. The van der Waals surface area contributed by atoms with Crippen molar-refractivity contribution in [3.8, 4) is 5.75 Å². The number of fused-ring (bicyclic) bond motifs is 1. The highest BCUT2D eigenvalue weighted by atomic mass is 32.1. The minimum absolute atomic E-state index is 0.0242. The van der Waals surface area contributed by atoms with Crippen molar-refractivity contribution >= 4 is 23.2 Å². The number of hydrogen-bond donors (Lipinski definition) is 0. The van der Waals surface area contributed by atoms with Gasteiger partial charge in [0.05, 0.1) is 6.04 Å². The largest absolute Gasteiger partial charge is 0.491 e. The molecule has 2 amide bonds. The van der Waals surface area contributed by atoms with Crippen LogP contribution in [0.25, 0.3) is 0 Å². The van der Waals surface area contributed by atoms with E-state index in [1.807, 2.05) is 37.8 Å². The predicted octanol–water partition coefficient (Wildman–Crippen LogP) is 5.56. The first kappa shape index (κ1) is 24.9. The van der Waals surface area contributed by atoms with Gasteiger partial charge in [0.2, 0.25) is 5.91 Å². The third kappa shape index (κ3) is 5.73. The van der Waals surface area contributed by atoms with Gasteiger partial charge in [-0.05, 0) is 79.6 Å². The van der Waals surface area contributed by atoms with Gasteiger partial charge in [-0.15, -0.1) is 11.3 Å². The molecule has 35 heavy (non-hydrogen) atoms. The molecule has 7 heteroatoms. The highest BCUT2D eigenvalue weighted by Crippen LogP contribution is 2.34. The Balaban J connectivity index is 1.52. The van der Waals surface area contributed by atoms with E-state index < -0.39 is 5.82 Å². The van der Waals surface area contributed by atoms with E-state index in [-0.39, 0.29) is 24.4 Å². The fourth-order valence-electron chi connectivity index (χ4n) is 4.56. The lowest BCUT2D eigenvalue weighted by molar-refractivity contribution is -0.135. The third-order valence-corrected chi connectivity index (χ3v) is 7.34. The van der Waals surface area contributed by atoms with E-state index >= 15 is 0 Å². The Kier molecular flexibility index (Phi) is 7.86. The molecule has 2 heterocycles. The summed E-state index contributed by atoms with van der Waals surface area (Å²) in [6.45, 7) is 7.38. The van der Waals surface area contributed by atoms with Crippen molar-refractivity contribution in [2.45, 2.75) is 39.7 Å². The van der Waals surface area contributed by atoms with E-state index in [0.29, 0.717) is 31.7 Å². The van der Waals surface area contributed by atoms with Crippen molar-refractivity contribution in [3.63, 3.8) is 0 Å². The van der Waals surface area contributed by atoms with Crippen LogP contribution >= 0.6 is 11.3 Å². The molecule has 0 saturated carbocycles. The molecule has 0 radical (unpaired) electrons.